The van der Waals surface area contributed by atoms with Crippen LogP contribution in [0, 0.1) is 5.82 Å². The number of carbonyl (C=O) groups is 2. The predicted octanol–water partition coefficient (Wildman–Crippen LogP) is 3.16. The number of hydrogen-bond donors (Lipinski definition) is 2. The number of likely N-dealkylation sites (tertiary alicyclic amines) is 1. The summed E-state index contributed by atoms with van der Waals surface area (Å²) in [5, 5.41) is 14.2. The molecule has 3 saturated heterocycles. The van der Waals surface area contributed by atoms with Crippen LogP contribution in [0.1, 0.15) is 18.4 Å². The number of carboxylic acids is 2. The van der Waals surface area contributed by atoms with E-state index in [2.05, 4.69) is 9.80 Å². The van der Waals surface area contributed by atoms with Crippen LogP contribution < -0.4 is 0 Å². The van der Waals surface area contributed by atoms with E-state index >= 15 is 0 Å². The molecule has 1 aromatic rings. The Balaban J connectivity index is 0.000000286. The van der Waals surface area contributed by atoms with E-state index in [-0.39, 0.29) is 11.9 Å². The van der Waals surface area contributed by atoms with E-state index in [9.17, 15) is 30.7 Å². The zero-order valence-electron chi connectivity index (χ0n) is 19.5. The van der Waals surface area contributed by atoms with E-state index < -0.39 is 24.3 Å². The van der Waals surface area contributed by atoms with Crippen molar-refractivity contribution in [2.24, 2.45) is 0 Å². The summed E-state index contributed by atoms with van der Waals surface area (Å²) >= 11 is 0. The highest BCUT2D eigenvalue weighted by Crippen LogP contribution is 2.26. The minimum absolute atomic E-state index is 0.112. The number of morpholine rings is 1. The van der Waals surface area contributed by atoms with Gasteiger partial charge in [-0.15, -0.1) is 0 Å². The minimum atomic E-state index is -5.08. The fraction of sp³-hybridized carbons (Fsp3) is 0.636. The number of benzene rings is 1. The van der Waals surface area contributed by atoms with Gasteiger partial charge in [0.1, 0.15) is 5.82 Å². The molecule has 3 aliphatic heterocycles. The highest BCUT2D eigenvalue weighted by Gasteiger charge is 2.41. The number of hydrogen-bond acceptors (Lipinski definition) is 6. The molecule has 3 fully saturated rings. The second-order valence-electron chi connectivity index (χ2n) is 8.50. The van der Waals surface area contributed by atoms with E-state index in [0.29, 0.717) is 18.7 Å². The smallest absolute Gasteiger partial charge is 0.475 e. The first kappa shape index (κ1) is 30.7. The molecule has 37 heavy (non-hydrogen) atoms. The highest BCUT2D eigenvalue weighted by atomic mass is 19.4. The average Bonchev–Trinajstić information content (AvgIpc) is 3.45. The molecule has 8 nitrogen and oxygen atoms in total. The van der Waals surface area contributed by atoms with Crippen LogP contribution in [0.3, 0.4) is 0 Å². The van der Waals surface area contributed by atoms with Crippen molar-refractivity contribution in [3.05, 3.63) is 35.6 Å². The SMILES string of the molecule is Fc1ccccc1CN1C[C@@H]2OCCN(CC3CCCO3)[C@@H]2C1.O=C(O)C(F)(F)F.O=C(O)C(F)(F)F. The zero-order valence-corrected chi connectivity index (χ0v) is 19.5. The van der Waals surface area contributed by atoms with Crippen LogP contribution in [0.4, 0.5) is 30.7 Å². The van der Waals surface area contributed by atoms with Crippen molar-refractivity contribution in [3.8, 4) is 0 Å². The quantitative estimate of drug-likeness (QED) is 0.554. The predicted molar refractivity (Wildman–Crippen MR) is 113 cm³/mol. The van der Waals surface area contributed by atoms with Gasteiger partial charge in [0.2, 0.25) is 0 Å². The van der Waals surface area contributed by atoms with Crippen molar-refractivity contribution in [2.45, 2.75) is 50.0 Å². The molecular weight excluding hydrogens is 521 g/mol. The summed E-state index contributed by atoms with van der Waals surface area (Å²) in [5.74, 6) is -5.63. The third kappa shape index (κ3) is 10.1. The van der Waals surface area contributed by atoms with Gasteiger partial charge in [-0.3, -0.25) is 9.80 Å². The fourth-order valence-corrected chi connectivity index (χ4v) is 4.11. The van der Waals surface area contributed by atoms with Crippen molar-refractivity contribution < 1.29 is 60.0 Å². The molecule has 0 aliphatic carbocycles. The van der Waals surface area contributed by atoms with Crippen molar-refractivity contribution in [1.82, 2.24) is 9.80 Å². The van der Waals surface area contributed by atoms with Crippen LogP contribution in [0.25, 0.3) is 0 Å². The van der Waals surface area contributed by atoms with Crippen molar-refractivity contribution in [1.29, 1.82) is 0 Å². The lowest BCUT2D eigenvalue weighted by molar-refractivity contribution is -0.193. The number of halogens is 7. The number of aliphatic carboxylic acids is 2. The topological polar surface area (TPSA) is 99.5 Å². The van der Waals surface area contributed by atoms with Crippen LogP contribution >= 0.6 is 0 Å². The summed E-state index contributed by atoms with van der Waals surface area (Å²) in [6, 6.07) is 7.48. The van der Waals surface area contributed by atoms with E-state index in [4.69, 9.17) is 29.3 Å². The maximum absolute atomic E-state index is 13.9. The molecule has 4 rings (SSSR count). The summed E-state index contributed by atoms with van der Waals surface area (Å²) in [6.45, 7) is 6.19. The molecule has 0 amide bonds. The number of carboxylic acid groups (broad SMARTS) is 2. The lowest BCUT2D eigenvalue weighted by Gasteiger charge is -2.38. The zero-order chi connectivity index (χ0) is 27.8. The summed E-state index contributed by atoms with van der Waals surface area (Å²) in [6.07, 6.45) is -7.18. The van der Waals surface area contributed by atoms with Crippen LogP contribution in [0.2, 0.25) is 0 Å². The molecule has 0 aromatic heterocycles. The van der Waals surface area contributed by atoms with Gasteiger partial charge in [0.05, 0.1) is 18.8 Å². The van der Waals surface area contributed by atoms with Gasteiger partial charge in [-0.1, -0.05) is 18.2 Å². The van der Waals surface area contributed by atoms with Gasteiger partial charge < -0.3 is 19.7 Å². The van der Waals surface area contributed by atoms with E-state index in [0.717, 1.165) is 45.0 Å². The monoisotopic (exact) mass is 548 g/mol. The Morgan fingerprint density at radius 1 is 0.946 bits per heavy atom. The maximum atomic E-state index is 13.9. The Bertz CT molecular complexity index is 869. The third-order valence-corrected chi connectivity index (χ3v) is 5.79. The Hall–Kier alpha value is -2.49. The van der Waals surface area contributed by atoms with Crippen LogP contribution in [0.5, 0.6) is 0 Å². The first-order valence-electron chi connectivity index (χ1n) is 11.2. The standard InChI is InChI=1S/C18H25FN2O2.2C2HF3O2/c19-16-6-2-1-4-14(16)10-20-12-17-18(13-20)23-9-7-21(17)11-15-5-3-8-22-15;2*3-2(4,5)1(6)7/h1-2,4,6,15,17-18H,3,5,7-13H2;2*(H,6,7)/t15?,17-,18+;;/m1../s1. The second kappa shape index (κ2) is 13.3. The molecule has 15 heteroatoms. The van der Waals surface area contributed by atoms with Gasteiger partial charge in [-0.05, 0) is 18.9 Å². The molecule has 210 valence electrons. The van der Waals surface area contributed by atoms with Gasteiger partial charge in [-0.2, -0.15) is 26.3 Å². The lowest BCUT2D eigenvalue weighted by atomic mass is 10.1. The number of alkyl halides is 6. The Labute approximate surface area is 207 Å². The minimum Gasteiger partial charge on any atom is -0.475 e. The molecule has 2 N–H and O–H groups in total. The summed E-state index contributed by atoms with van der Waals surface area (Å²) < 4.78 is 89.1. The first-order valence-corrected chi connectivity index (χ1v) is 11.2. The lowest BCUT2D eigenvalue weighted by Crippen LogP contribution is -2.52. The van der Waals surface area contributed by atoms with Crippen molar-refractivity contribution >= 4 is 11.9 Å². The van der Waals surface area contributed by atoms with E-state index in [1.807, 2.05) is 12.1 Å². The maximum Gasteiger partial charge on any atom is 0.490 e. The second-order valence-corrected chi connectivity index (χ2v) is 8.50. The molecule has 1 unspecified atom stereocenters. The third-order valence-electron chi connectivity index (χ3n) is 5.79. The van der Waals surface area contributed by atoms with Gasteiger partial charge in [0.25, 0.3) is 0 Å². The Morgan fingerprint density at radius 2 is 1.54 bits per heavy atom. The van der Waals surface area contributed by atoms with E-state index in [1.165, 1.54) is 12.8 Å². The van der Waals surface area contributed by atoms with Gasteiger partial charge in [0.15, 0.2) is 0 Å². The van der Waals surface area contributed by atoms with Gasteiger partial charge in [0, 0.05) is 50.9 Å². The Kier molecular flexibility index (Phi) is 11.1. The number of fused-ring (bicyclic) bond motifs is 1. The summed E-state index contributed by atoms with van der Waals surface area (Å²) in [7, 11) is 0. The largest absolute Gasteiger partial charge is 0.490 e. The molecule has 3 aliphatic rings. The molecular formula is C22H27F7N2O6. The fourth-order valence-electron chi connectivity index (χ4n) is 4.11. The molecule has 3 heterocycles. The van der Waals surface area contributed by atoms with Gasteiger partial charge in [-0.25, -0.2) is 14.0 Å². The molecule has 3 atom stereocenters. The average molecular weight is 548 g/mol. The van der Waals surface area contributed by atoms with Crippen LogP contribution in [-0.2, 0) is 25.6 Å². The molecule has 0 spiro atoms. The number of ether oxygens (including phenoxy) is 2. The molecule has 1 aromatic carbocycles. The summed E-state index contributed by atoms with van der Waals surface area (Å²) in [4.78, 5) is 22.6. The van der Waals surface area contributed by atoms with Gasteiger partial charge >= 0.3 is 24.3 Å². The molecule has 0 saturated carbocycles. The Morgan fingerprint density at radius 3 is 2.05 bits per heavy atom. The molecule has 0 radical (unpaired) electrons. The van der Waals surface area contributed by atoms with E-state index in [1.54, 1.807) is 12.1 Å². The summed E-state index contributed by atoms with van der Waals surface area (Å²) in [5.41, 5.74) is 0.775. The first-order chi connectivity index (χ1) is 17.2. The van der Waals surface area contributed by atoms with Crippen LogP contribution in [-0.4, -0.2) is 102 Å². The number of rotatable bonds is 4. The number of nitrogens with zero attached hydrogens (tertiary/aromatic N) is 2. The van der Waals surface area contributed by atoms with Crippen LogP contribution in [0.15, 0.2) is 24.3 Å². The van der Waals surface area contributed by atoms with Crippen molar-refractivity contribution in [2.75, 3.05) is 39.4 Å². The highest BCUT2D eigenvalue weighted by molar-refractivity contribution is 5.73. The molecule has 0 bridgehead atoms. The van der Waals surface area contributed by atoms with Crippen molar-refractivity contribution in [3.63, 3.8) is 0 Å². The normalized spacial score (nSPS) is 24.4.